The van der Waals surface area contributed by atoms with E-state index in [2.05, 4.69) is 16.0 Å². The van der Waals surface area contributed by atoms with Crippen molar-refractivity contribution in [2.24, 2.45) is 0 Å². The highest BCUT2D eigenvalue weighted by molar-refractivity contribution is 8.00. The average molecular weight is 598 g/mol. The summed E-state index contributed by atoms with van der Waals surface area (Å²) in [5, 5.41) is 8.90. The molecule has 214 valence electrons. The van der Waals surface area contributed by atoms with Crippen LogP contribution in [0.5, 0.6) is 0 Å². The number of nitrogens with one attached hydrogen (secondary N) is 3. The second-order valence-electron chi connectivity index (χ2n) is 9.73. The highest BCUT2D eigenvalue weighted by Gasteiger charge is 2.20. The van der Waals surface area contributed by atoms with Gasteiger partial charge >= 0.3 is 0 Å². The maximum absolute atomic E-state index is 13.4. The number of carbonyl (C=O) groups is 3. The predicted octanol–water partition coefficient (Wildman–Crippen LogP) is 7.88. The van der Waals surface area contributed by atoms with Crippen molar-refractivity contribution in [3.63, 3.8) is 0 Å². The summed E-state index contributed by atoms with van der Waals surface area (Å²) in [7, 11) is 0. The molecule has 4 aromatic carbocycles. The van der Waals surface area contributed by atoms with E-state index in [1.807, 2.05) is 63.2 Å². The third-order valence-corrected chi connectivity index (χ3v) is 7.99. The van der Waals surface area contributed by atoms with Crippen molar-refractivity contribution in [3.8, 4) is 0 Å². The summed E-state index contributed by atoms with van der Waals surface area (Å²) in [6, 6.07) is 28.8. The molecular weight excluding hydrogens is 566 g/mol. The molecular formula is C34H32ClN3O3S. The van der Waals surface area contributed by atoms with Gasteiger partial charge in [0.25, 0.3) is 11.8 Å². The van der Waals surface area contributed by atoms with E-state index < -0.39 is 11.8 Å². The molecule has 8 heteroatoms. The van der Waals surface area contributed by atoms with Crippen LogP contribution in [0.15, 0.2) is 108 Å². The highest BCUT2D eigenvalue weighted by Crippen LogP contribution is 2.29. The fourth-order valence-corrected chi connectivity index (χ4v) is 5.31. The number of rotatable bonds is 10. The standard InChI is InChI=1S/C34H32ClN3O3S/c1-4-31(34(41)37-29-18-13-22(2)19-23(29)3)42-28-12-8-11-27(21-28)36-33(40)30(20-24-14-16-26(35)17-15-24)38-32(39)25-9-6-5-7-10-25/h5-21,31H,4H2,1-3H3,(H,36,40)(H,37,41)(H,38,39)/b30-20+. The lowest BCUT2D eigenvalue weighted by atomic mass is 10.1. The molecule has 42 heavy (non-hydrogen) atoms. The Morgan fingerprint density at radius 1 is 0.857 bits per heavy atom. The fourth-order valence-electron chi connectivity index (χ4n) is 4.17. The monoisotopic (exact) mass is 597 g/mol. The van der Waals surface area contributed by atoms with Gasteiger partial charge < -0.3 is 16.0 Å². The van der Waals surface area contributed by atoms with Crippen LogP contribution in [0.25, 0.3) is 6.08 Å². The number of benzene rings is 4. The number of anilines is 2. The van der Waals surface area contributed by atoms with Gasteiger partial charge in [0.05, 0.1) is 5.25 Å². The molecule has 0 radical (unpaired) electrons. The normalized spacial score (nSPS) is 11.9. The summed E-state index contributed by atoms with van der Waals surface area (Å²) in [5.74, 6) is -0.979. The zero-order chi connectivity index (χ0) is 30.1. The summed E-state index contributed by atoms with van der Waals surface area (Å²) < 4.78 is 0. The molecule has 0 fully saturated rings. The number of aryl methyl sites for hydroxylation is 2. The van der Waals surface area contributed by atoms with Crippen LogP contribution in [0.3, 0.4) is 0 Å². The maximum atomic E-state index is 13.4. The molecule has 0 bridgehead atoms. The van der Waals surface area contributed by atoms with Crippen molar-refractivity contribution in [2.75, 3.05) is 10.6 Å². The zero-order valence-corrected chi connectivity index (χ0v) is 25.2. The minimum atomic E-state index is -0.490. The van der Waals surface area contributed by atoms with Gasteiger partial charge in [0.1, 0.15) is 5.70 Å². The number of hydrogen-bond donors (Lipinski definition) is 3. The molecule has 4 aromatic rings. The van der Waals surface area contributed by atoms with Crippen LogP contribution in [-0.2, 0) is 9.59 Å². The van der Waals surface area contributed by atoms with Crippen LogP contribution in [0.2, 0.25) is 5.02 Å². The summed E-state index contributed by atoms with van der Waals surface area (Å²) in [4.78, 5) is 40.2. The van der Waals surface area contributed by atoms with Gasteiger partial charge in [0, 0.05) is 26.9 Å². The maximum Gasteiger partial charge on any atom is 0.272 e. The second-order valence-corrected chi connectivity index (χ2v) is 11.4. The summed E-state index contributed by atoms with van der Waals surface area (Å²) >= 11 is 7.45. The molecule has 3 amide bonds. The van der Waals surface area contributed by atoms with E-state index >= 15 is 0 Å². The lowest BCUT2D eigenvalue weighted by Gasteiger charge is -2.17. The number of hydrogen-bond acceptors (Lipinski definition) is 4. The molecule has 0 heterocycles. The lowest BCUT2D eigenvalue weighted by Crippen LogP contribution is -2.30. The molecule has 0 aliphatic heterocycles. The van der Waals surface area contributed by atoms with E-state index in [-0.39, 0.29) is 16.9 Å². The Labute approximate surface area is 255 Å². The van der Waals surface area contributed by atoms with Crippen LogP contribution >= 0.6 is 23.4 Å². The Morgan fingerprint density at radius 3 is 2.29 bits per heavy atom. The first kappa shape index (κ1) is 30.6. The molecule has 1 atom stereocenters. The van der Waals surface area contributed by atoms with Crippen LogP contribution in [-0.4, -0.2) is 23.0 Å². The molecule has 1 unspecified atom stereocenters. The van der Waals surface area contributed by atoms with Gasteiger partial charge in [0.15, 0.2) is 0 Å². The fraction of sp³-hybridized carbons (Fsp3) is 0.147. The summed E-state index contributed by atoms with van der Waals surface area (Å²) in [5.41, 5.74) is 4.67. The van der Waals surface area contributed by atoms with E-state index in [9.17, 15) is 14.4 Å². The van der Waals surface area contributed by atoms with Gasteiger partial charge in [-0.1, -0.05) is 72.6 Å². The van der Waals surface area contributed by atoms with Crippen LogP contribution < -0.4 is 16.0 Å². The Bertz CT molecular complexity index is 1600. The summed E-state index contributed by atoms with van der Waals surface area (Å²) in [6.45, 7) is 5.96. The number of halogens is 1. The van der Waals surface area contributed by atoms with Gasteiger partial charge in [-0.2, -0.15) is 0 Å². The van der Waals surface area contributed by atoms with Crippen molar-refractivity contribution < 1.29 is 14.4 Å². The lowest BCUT2D eigenvalue weighted by molar-refractivity contribution is -0.116. The quantitative estimate of drug-likeness (QED) is 0.128. The van der Waals surface area contributed by atoms with E-state index in [0.717, 1.165) is 21.7 Å². The first-order valence-electron chi connectivity index (χ1n) is 13.5. The molecule has 0 aliphatic carbocycles. The third-order valence-electron chi connectivity index (χ3n) is 6.38. The minimum absolute atomic E-state index is 0.0727. The first-order chi connectivity index (χ1) is 20.2. The SMILES string of the molecule is CCC(Sc1cccc(NC(=O)/C(=C\c2ccc(Cl)cc2)NC(=O)c2ccccc2)c1)C(=O)Nc1ccc(C)cc1C. The van der Waals surface area contributed by atoms with E-state index in [1.54, 1.807) is 60.7 Å². The average Bonchev–Trinajstić information content (AvgIpc) is 2.98. The second kappa shape index (κ2) is 14.5. The molecule has 0 spiro atoms. The predicted molar refractivity (Wildman–Crippen MR) is 173 cm³/mol. The summed E-state index contributed by atoms with van der Waals surface area (Å²) in [6.07, 6.45) is 2.22. The molecule has 4 rings (SSSR count). The topological polar surface area (TPSA) is 87.3 Å². The number of carbonyl (C=O) groups excluding carboxylic acids is 3. The van der Waals surface area contributed by atoms with Crippen molar-refractivity contribution in [3.05, 3.63) is 130 Å². The van der Waals surface area contributed by atoms with Gasteiger partial charge in [0.2, 0.25) is 5.91 Å². The van der Waals surface area contributed by atoms with Crippen molar-refractivity contribution >= 4 is 58.5 Å². The molecule has 0 saturated carbocycles. The van der Waals surface area contributed by atoms with Gasteiger partial charge in [-0.3, -0.25) is 14.4 Å². The van der Waals surface area contributed by atoms with E-state index in [4.69, 9.17) is 11.6 Å². The Balaban J connectivity index is 1.50. The Morgan fingerprint density at radius 2 is 1.60 bits per heavy atom. The van der Waals surface area contributed by atoms with Crippen molar-refractivity contribution in [2.45, 2.75) is 37.3 Å². The number of thioether (sulfide) groups is 1. The van der Waals surface area contributed by atoms with Gasteiger partial charge in [-0.15, -0.1) is 11.8 Å². The van der Waals surface area contributed by atoms with Crippen molar-refractivity contribution in [1.82, 2.24) is 5.32 Å². The van der Waals surface area contributed by atoms with Crippen LogP contribution in [0.4, 0.5) is 11.4 Å². The number of amides is 3. The highest BCUT2D eigenvalue weighted by atomic mass is 35.5. The smallest absolute Gasteiger partial charge is 0.272 e. The largest absolute Gasteiger partial charge is 0.325 e. The molecule has 0 saturated heterocycles. The van der Waals surface area contributed by atoms with Crippen molar-refractivity contribution in [1.29, 1.82) is 0 Å². The van der Waals surface area contributed by atoms with Crippen LogP contribution in [0.1, 0.15) is 40.4 Å². The first-order valence-corrected chi connectivity index (χ1v) is 14.8. The zero-order valence-electron chi connectivity index (χ0n) is 23.6. The van der Waals surface area contributed by atoms with Gasteiger partial charge in [-0.05, 0) is 86.0 Å². The molecule has 0 aromatic heterocycles. The minimum Gasteiger partial charge on any atom is -0.325 e. The molecule has 0 aliphatic rings. The Kier molecular flexibility index (Phi) is 10.6. The third kappa shape index (κ3) is 8.59. The van der Waals surface area contributed by atoms with E-state index in [0.29, 0.717) is 28.3 Å². The molecule has 6 nitrogen and oxygen atoms in total. The Hall–Kier alpha value is -4.33. The van der Waals surface area contributed by atoms with Crippen LogP contribution in [0, 0.1) is 13.8 Å². The molecule has 3 N–H and O–H groups in total. The van der Waals surface area contributed by atoms with E-state index in [1.165, 1.54) is 11.8 Å². The van der Waals surface area contributed by atoms with Gasteiger partial charge in [-0.25, -0.2) is 0 Å².